The number of rotatable bonds is 2. The Kier molecular flexibility index (Phi) is 2.75. The van der Waals surface area contributed by atoms with E-state index in [2.05, 4.69) is 43.6 Å². The van der Waals surface area contributed by atoms with Gasteiger partial charge in [0.1, 0.15) is 0 Å². The first-order valence-corrected chi connectivity index (χ1v) is 7.10. The highest BCUT2D eigenvalue weighted by Crippen LogP contribution is 2.38. The maximum atomic E-state index is 4.21. The van der Waals surface area contributed by atoms with E-state index in [1.807, 2.05) is 12.4 Å². The van der Waals surface area contributed by atoms with Crippen molar-refractivity contribution in [3.05, 3.63) is 28.5 Å². The minimum atomic E-state index is 0.819. The monoisotopic (exact) mass is 284 g/mol. The average molecular weight is 285 g/mol. The number of hydrogen-bond donors (Lipinski definition) is 0. The van der Waals surface area contributed by atoms with E-state index in [4.69, 9.17) is 0 Å². The van der Waals surface area contributed by atoms with Crippen molar-refractivity contribution in [2.45, 2.75) is 24.3 Å². The highest BCUT2D eigenvalue weighted by Gasteiger charge is 2.38. The van der Waals surface area contributed by atoms with E-state index >= 15 is 0 Å². The standard InChI is InChI=1S/C11H13BrN2S/c12-9-1-8(3-13-4-9)5-14-6-11-2-10(14)7-15-11/h1,3-4,10-11H,2,5-7H2. The molecule has 2 fully saturated rings. The summed E-state index contributed by atoms with van der Waals surface area (Å²) in [6.45, 7) is 2.33. The van der Waals surface area contributed by atoms with Crippen LogP contribution >= 0.6 is 27.7 Å². The molecular formula is C11H13BrN2S. The smallest absolute Gasteiger partial charge is 0.0410 e. The second-order valence-electron chi connectivity index (χ2n) is 4.29. The topological polar surface area (TPSA) is 16.1 Å². The fraction of sp³-hybridized carbons (Fsp3) is 0.545. The van der Waals surface area contributed by atoms with Crippen LogP contribution in [0.5, 0.6) is 0 Å². The molecule has 1 aromatic heterocycles. The van der Waals surface area contributed by atoms with Gasteiger partial charge in [-0.2, -0.15) is 11.8 Å². The molecule has 15 heavy (non-hydrogen) atoms. The zero-order chi connectivity index (χ0) is 10.3. The van der Waals surface area contributed by atoms with Crippen molar-refractivity contribution in [1.82, 2.24) is 9.88 Å². The number of pyridine rings is 1. The van der Waals surface area contributed by atoms with E-state index in [1.165, 1.54) is 24.3 Å². The van der Waals surface area contributed by atoms with Gasteiger partial charge in [0.2, 0.25) is 0 Å². The number of halogens is 1. The number of aromatic nitrogens is 1. The maximum absolute atomic E-state index is 4.21. The molecular weight excluding hydrogens is 272 g/mol. The molecule has 2 saturated heterocycles. The van der Waals surface area contributed by atoms with E-state index in [0.717, 1.165) is 22.3 Å². The normalized spacial score (nSPS) is 29.9. The van der Waals surface area contributed by atoms with E-state index in [0.29, 0.717) is 0 Å². The van der Waals surface area contributed by atoms with Crippen molar-refractivity contribution < 1.29 is 0 Å². The van der Waals surface area contributed by atoms with Gasteiger partial charge in [0, 0.05) is 47.0 Å². The van der Waals surface area contributed by atoms with E-state index in [1.54, 1.807) is 0 Å². The van der Waals surface area contributed by atoms with Crippen molar-refractivity contribution in [1.29, 1.82) is 0 Å². The molecule has 0 spiro atoms. The van der Waals surface area contributed by atoms with Gasteiger partial charge < -0.3 is 0 Å². The largest absolute Gasteiger partial charge is 0.294 e. The van der Waals surface area contributed by atoms with Crippen LogP contribution in [0, 0.1) is 0 Å². The number of hydrogen-bond acceptors (Lipinski definition) is 3. The summed E-state index contributed by atoms with van der Waals surface area (Å²) in [6.07, 6.45) is 5.21. The van der Waals surface area contributed by atoms with Crippen LogP contribution in [0.25, 0.3) is 0 Å². The molecule has 2 nitrogen and oxygen atoms in total. The molecule has 2 aliphatic rings. The van der Waals surface area contributed by atoms with Crippen molar-refractivity contribution >= 4 is 27.7 Å². The molecule has 3 heterocycles. The summed E-state index contributed by atoms with van der Waals surface area (Å²) in [6, 6.07) is 2.99. The van der Waals surface area contributed by atoms with Crippen molar-refractivity contribution in [3.8, 4) is 0 Å². The molecule has 0 N–H and O–H groups in total. The fourth-order valence-corrected chi connectivity index (χ4v) is 4.36. The quantitative estimate of drug-likeness (QED) is 0.830. The van der Waals surface area contributed by atoms with Crippen LogP contribution in [-0.4, -0.2) is 33.5 Å². The minimum Gasteiger partial charge on any atom is -0.294 e. The first-order chi connectivity index (χ1) is 7.31. The highest BCUT2D eigenvalue weighted by atomic mass is 79.9. The summed E-state index contributed by atoms with van der Waals surface area (Å²) in [5, 5.41) is 0.898. The molecule has 2 bridgehead atoms. The van der Waals surface area contributed by atoms with Gasteiger partial charge in [0.25, 0.3) is 0 Å². The average Bonchev–Trinajstić information content (AvgIpc) is 2.79. The van der Waals surface area contributed by atoms with Crippen LogP contribution in [0.15, 0.2) is 22.9 Å². The Hall–Kier alpha value is -0.0600. The van der Waals surface area contributed by atoms with Gasteiger partial charge in [-0.1, -0.05) is 0 Å². The van der Waals surface area contributed by atoms with Gasteiger partial charge in [0.15, 0.2) is 0 Å². The Labute approximate surface area is 103 Å². The predicted molar refractivity (Wildman–Crippen MR) is 67.0 cm³/mol. The zero-order valence-corrected chi connectivity index (χ0v) is 10.8. The third kappa shape index (κ3) is 2.08. The van der Waals surface area contributed by atoms with Crippen molar-refractivity contribution in [2.24, 2.45) is 0 Å². The Morgan fingerprint density at radius 3 is 3.13 bits per heavy atom. The molecule has 0 aromatic carbocycles. The van der Waals surface area contributed by atoms with E-state index < -0.39 is 0 Å². The van der Waals surface area contributed by atoms with Crippen molar-refractivity contribution in [2.75, 3.05) is 12.3 Å². The van der Waals surface area contributed by atoms with E-state index in [9.17, 15) is 0 Å². The van der Waals surface area contributed by atoms with Gasteiger partial charge in [-0.25, -0.2) is 0 Å². The number of likely N-dealkylation sites (tertiary alicyclic amines) is 1. The first-order valence-electron chi connectivity index (χ1n) is 5.26. The summed E-state index contributed by atoms with van der Waals surface area (Å²) in [7, 11) is 0. The summed E-state index contributed by atoms with van der Waals surface area (Å²) in [4.78, 5) is 6.81. The van der Waals surface area contributed by atoms with Crippen LogP contribution in [0.2, 0.25) is 0 Å². The molecule has 0 amide bonds. The van der Waals surface area contributed by atoms with Gasteiger partial charge in [0.05, 0.1) is 0 Å². The second-order valence-corrected chi connectivity index (χ2v) is 6.53. The fourth-order valence-electron chi connectivity index (χ4n) is 2.45. The van der Waals surface area contributed by atoms with Crippen LogP contribution < -0.4 is 0 Å². The molecule has 0 radical (unpaired) electrons. The lowest BCUT2D eigenvalue weighted by Crippen LogP contribution is -2.33. The minimum absolute atomic E-state index is 0.819. The summed E-state index contributed by atoms with van der Waals surface area (Å²) < 4.78 is 1.08. The van der Waals surface area contributed by atoms with Gasteiger partial charge >= 0.3 is 0 Å². The summed E-state index contributed by atoms with van der Waals surface area (Å²) in [5.41, 5.74) is 1.32. The molecule has 2 atom stereocenters. The molecule has 3 rings (SSSR count). The second kappa shape index (κ2) is 4.07. The third-order valence-corrected chi connectivity index (χ3v) is 4.98. The molecule has 0 aliphatic carbocycles. The Morgan fingerprint density at radius 1 is 1.53 bits per heavy atom. The number of nitrogens with zero attached hydrogens (tertiary/aromatic N) is 2. The van der Waals surface area contributed by atoms with Gasteiger partial charge in [-0.05, 0) is 34.0 Å². The van der Waals surface area contributed by atoms with Crippen LogP contribution in [0.4, 0.5) is 0 Å². The Balaban J connectivity index is 1.71. The number of fused-ring (bicyclic) bond motifs is 2. The molecule has 80 valence electrons. The van der Waals surface area contributed by atoms with E-state index in [-0.39, 0.29) is 0 Å². The lowest BCUT2D eigenvalue weighted by Gasteiger charge is -2.26. The van der Waals surface area contributed by atoms with Crippen LogP contribution in [-0.2, 0) is 6.54 Å². The predicted octanol–water partition coefficient (Wildman–Crippen LogP) is 2.53. The van der Waals surface area contributed by atoms with Gasteiger partial charge in [-0.15, -0.1) is 0 Å². The molecule has 0 saturated carbocycles. The van der Waals surface area contributed by atoms with Crippen LogP contribution in [0.1, 0.15) is 12.0 Å². The highest BCUT2D eigenvalue weighted by molar-refractivity contribution is 9.10. The Morgan fingerprint density at radius 2 is 2.47 bits per heavy atom. The van der Waals surface area contributed by atoms with Gasteiger partial charge in [-0.3, -0.25) is 9.88 Å². The molecule has 2 aliphatic heterocycles. The lowest BCUT2D eigenvalue weighted by atomic mass is 10.2. The van der Waals surface area contributed by atoms with Crippen molar-refractivity contribution in [3.63, 3.8) is 0 Å². The molecule has 1 aromatic rings. The SMILES string of the molecule is Brc1cncc(CN2CC3CC2CS3)c1. The zero-order valence-electron chi connectivity index (χ0n) is 8.40. The maximum Gasteiger partial charge on any atom is 0.0410 e. The third-order valence-electron chi connectivity index (χ3n) is 3.16. The summed E-state index contributed by atoms with van der Waals surface area (Å²) in [5.74, 6) is 1.33. The lowest BCUT2D eigenvalue weighted by molar-refractivity contribution is 0.261. The first kappa shape index (κ1) is 10.1. The number of thioether (sulfide) groups is 1. The molecule has 4 heteroatoms. The summed E-state index contributed by atoms with van der Waals surface area (Å²) >= 11 is 5.61. The molecule has 2 unspecified atom stereocenters. The van der Waals surface area contributed by atoms with Crippen LogP contribution in [0.3, 0.4) is 0 Å². The Bertz CT molecular complexity index is 371.